The third-order valence-corrected chi connectivity index (χ3v) is 1.60. The molecule has 0 aromatic heterocycles. The zero-order valence-corrected chi connectivity index (χ0v) is 4.84. The lowest BCUT2D eigenvalue weighted by Gasteiger charge is -1.99. The van der Waals surface area contributed by atoms with Crippen LogP contribution in [0.15, 0.2) is 0 Å². The van der Waals surface area contributed by atoms with E-state index in [1.54, 1.807) is 0 Å². The van der Waals surface area contributed by atoms with Crippen molar-refractivity contribution in [1.29, 1.82) is 0 Å². The molecule has 0 aromatic carbocycles. The van der Waals surface area contributed by atoms with Gasteiger partial charge in [0.25, 0.3) is 0 Å². The molecule has 0 bridgehead atoms. The van der Waals surface area contributed by atoms with Crippen LogP contribution in [0.5, 0.6) is 0 Å². The Balaban J connectivity index is 2.14. The van der Waals surface area contributed by atoms with E-state index in [1.165, 1.54) is 12.8 Å². The first-order valence-corrected chi connectivity index (χ1v) is 3.07. The maximum Gasteiger partial charge on any atom is 0.228 e. The summed E-state index contributed by atoms with van der Waals surface area (Å²) >= 11 is 0. The van der Waals surface area contributed by atoms with Gasteiger partial charge < -0.3 is 0 Å². The van der Waals surface area contributed by atoms with Gasteiger partial charge >= 0.3 is 0 Å². The molecule has 1 radical (unpaired) electrons. The predicted octanol–water partition coefficient (Wildman–Crippen LogP) is 0.690. The van der Waals surface area contributed by atoms with Gasteiger partial charge in [-0.05, 0) is 12.8 Å². The summed E-state index contributed by atoms with van der Waals surface area (Å²) in [6, 6.07) is 0.368. The SMILES string of the molecule is O=C[N]C1CCCC1. The van der Waals surface area contributed by atoms with Gasteiger partial charge in [0.15, 0.2) is 0 Å². The van der Waals surface area contributed by atoms with Crippen LogP contribution >= 0.6 is 0 Å². The second kappa shape index (κ2) is 2.70. The van der Waals surface area contributed by atoms with Crippen LogP contribution in [0.4, 0.5) is 0 Å². The van der Waals surface area contributed by atoms with Gasteiger partial charge in [-0.15, -0.1) is 0 Å². The lowest BCUT2D eigenvalue weighted by atomic mass is 10.3. The van der Waals surface area contributed by atoms with Gasteiger partial charge in [-0.25, -0.2) is 0 Å². The molecule has 0 atom stereocenters. The number of hydrogen-bond acceptors (Lipinski definition) is 1. The third-order valence-electron chi connectivity index (χ3n) is 1.60. The van der Waals surface area contributed by atoms with Crippen LogP contribution in [0.3, 0.4) is 0 Å². The largest absolute Gasteiger partial charge is 0.277 e. The number of carbonyl (C=O) groups excluding carboxylic acids is 1. The Morgan fingerprint density at radius 2 is 2.00 bits per heavy atom. The summed E-state index contributed by atoms with van der Waals surface area (Å²) in [4.78, 5) is 9.79. The molecular formula is C6H10NO. The van der Waals surface area contributed by atoms with Crippen LogP contribution in [0.25, 0.3) is 0 Å². The van der Waals surface area contributed by atoms with Gasteiger partial charge in [0.05, 0.1) is 6.04 Å². The Morgan fingerprint density at radius 1 is 1.38 bits per heavy atom. The minimum absolute atomic E-state index is 0.368. The van der Waals surface area contributed by atoms with E-state index in [2.05, 4.69) is 5.32 Å². The van der Waals surface area contributed by atoms with E-state index in [0.717, 1.165) is 12.8 Å². The Labute approximate surface area is 49.3 Å². The van der Waals surface area contributed by atoms with Gasteiger partial charge in [0.2, 0.25) is 6.41 Å². The van der Waals surface area contributed by atoms with Crippen molar-refractivity contribution in [1.82, 2.24) is 5.32 Å². The third kappa shape index (κ3) is 1.22. The Bertz CT molecular complexity index is 76.6. The molecule has 0 heterocycles. The molecule has 2 heteroatoms. The number of hydrogen-bond donors (Lipinski definition) is 0. The lowest BCUT2D eigenvalue weighted by molar-refractivity contribution is -0.110. The molecule has 0 N–H and O–H groups in total. The number of nitrogens with zero attached hydrogens (tertiary/aromatic N) is 1. The van der Waals surface area contributed by atoms with Gasteiger partial charge in [0, 0.05) is 0 Å². The average Bonchev–Trinajstić information content (AvgIpc) is 2.19. The maximum absolute atomic E-state index is 9.79. The molecule has 1 aliphatic carbocycles. The first kappa shape index (κ1) is 5.60. The predicted molar refractivity (Wildman–Crippen MR) is 30.5 cm³/mol. The molecule has 0 aromatic rings. The van der Waals surface area contributed by atoms with E-state index in [9.17, 15) is 4.79 Å². The normalized spacial score (nSPS) is 21.0. The molecule has 45 valence electrons. The van der Waals surface area contributed by atoms with Crippen molar-refractivity contribution >= 4 is 6.41 Å². The van der Waals surface area contributed by atoms with Crippen molar-refractivity contribution in [3.8, 4) is 0 Å². The number of rotatable bonds is 2. The van der Waals surface area contributed by atoms with E-state index in [0.29, 0.717) is 12.5 Å². The summed E-state index contributed by atoms with van der Waals surface area (Å²) < 4.78 is 0. The Morgan fingerprint density at radius 3 is 2.50 bits per heavy atom. The quantitative estimate of drug-likeness (QED) is 0.483. The van der Waals surface area contributed by atoms with E-state index in [4.69, 9.17) is 0 Å². The smallest absolute Gasteiger partial charge is 0.228 e. The summed E-state index contributed by atoms with van der Waals surface area (Å²) in [5.74, 6) is 0. The van der Waals surface area contributed by atoms with Crippen LogP contribution in [0.1, 0.15) is 25.7 Å². The molecule has 2 nitrogen and oxygen atoms in total. The molecule has 1 aliphatic rings. The fourth-order valence-electron chi connectivity index (χ4n) is 1.14. The first-order valence-electron chi connectivity index (χ1n) is 3.07. The van der Waals surface area contributed by atoms with Gasteiger partial charge in [-0.2, -0.15) is 0 Å². The van der Waals surface area contributed by atoms with Gasteiger partial charge in [0.1, 0.15) is 0 Å². The molecule has 1 fully saturated rings. The van der Waals surface area contributed by atoms with Crippen LogP contribution in [-0.2, 0) is 4.79 Å². The van der Waals surface area contributed by atoms with Crippen molar-refractivity contribution in [2.75, 3.05) is 0 Å². The molecule has 1 saturated carbocycles. The monoisotopic (exact) mass is 112 g/mol. The Hall–Kier alpha value is -0.530. The fourth-order valence-corrected chi connectivity index (χ4v) is 1.14. The molecule has 1 amide bonds. The van der Waals surface area contributed by atoms with Crippen molar-refractivity contribution in [3.05, 3.63) is 0 Å². The molecule has 0 spiro atoms. The van der Waals surface area contributed by atoms with E-state index in [1.807, 2.05) is 0 Å². The molecular weight excluding hydrogens is 102 g/mol. The molecule has 0 unspecified atom stereocenters. The molecule has 1 rings (SSSR count). The van der Waals surface area contributed by atoms with Crippen molar-refractivity contribution in [2.24, 2.45) is 0 Å². The molecule has 8 heavy (non-hydrogen) atoms. The summed E-state index contributed by atoms with van der Waals surface area (Å²) in [5, 5.41) is 3.74. The summed E-state index contributed by atoms with van der Waals surface area (Å²) in [5.41, 5.74) is 0. The highest BCUT2D eigenvalue weighted by Gasteiger charge is 2.13. The van der Waals surface area contributed by atoms with Gasteiger partial charge in [-0.1, -0.05) is 12.8 Å². The fraction of sp³-hybridized carbons (Fsp3) is 0.833. The van der Waals surface area contributed by atoms with Crippen molar-refractivity contribution < 1.29 is 4.79 Å². The highest BCUT2D eigenvalue weighted by Crippen LogP contribution is 2.17. The summed E-state index contributed by atoms with van der Waals surface area (Å²) in [7, 11) is 0. The van der Waals surface area contributed by atoms with Crippen LogP contribution < -0.4 is 5.32 Å². The highest BCUT2D eigenvalue weighted by molar-refractivity contribution is 5.46. The lowest BCUT2D eigenvalue weighted by Crippen LogP contribution is -2.15. The highest BCUT2D eigenvalue weighted by atomic mass is 16.1. The van der Waals surface area contributed by atoms with E-state index < -0.39 is 0 Å². The minimum atomic E-state index is 0.368. The Kier molecular flexibility index (Phi) is 1.89. The number of amides is 1. The molecule has 0 aliphatic heterocycles. The van der Waals surface area contributed by atoms with Gasteiger partial charge in [-0.3, -0.25) is 10.1 Å². The second-order valence-electron chi connectivity index (χ2n) is 2.19. The number of carbonyl (C=O) groups is 1. The van der Waals surface area contributed by atoms with Crippen molar-refractivity contribution in [2.45, 2.75) is 31.7 Å². The summed E-state index contributed by atoms with van der Waals surface area (Å²) in [6.45, 7) is 0. The summed E-state index contributed by atoms with van der Waals surface area (Å²) in [6.07, 6.45) is 5.43. The van der Waals surface area contributed by atoms with Crippen LogP contribution in [0.2, 0.25) is 0 Å². The zero-order chi connectivity index (χ0) is 5.82. The van der Waals surface area contributed by atoms with Crippen molar-refractivity contribution in [3.63, 3.8) is 0 Å². The van der Waals surface area contributed by atoms with E-state index >= 15 is 0 Å². The van der Waals surface area contributed by atoms with E-state index in [-0.39, 0.29) is 0 Å². The second-order valence-corrected chi connectivity index (χ2v) is 2.19. The van der Waals surface area contributed by atoms with Crippen LogP contribution in [-0.4, -0.2) is 12.5 Å². The zero-order valence-electron chi connectivity index (χ0n) is 4.84. The average molecular weight is 112 g/mol. The standard InChI is InChI=1S/C6H10NO/c8-5-7-6-3-1-2-4-6/h5-6H,1-4H2. The first-order chi connectivity index (χ1) is 3.93. The molecule has 0 saturated heterocycles. The maximum atomic E-state index is 9.79. The van der Waals surface area contributed by atoms with Crippen LogP contribution in [0, 0.1) is 0 Å². The minimum Gasteiger partial charge on any atom is -0.277 e. The topological polar surface area (TPSA) is 31.2 Å².